The van der Waals surface area contributed by atoms with E-state index in [1.54, 1.807) is 14.0 Å². The Balaban J connectivity index is 1.70. The molecule has 1 heterocycles. The van der Waals surface area contributed by atoms with Gasteiger partial charge in [-0.25, -0.2) is 0 Å². The maximum Gasteiger partial charge on any atom is 0.328 e. The SMILES string of the molecule is COc1ccc2c(c1)CCC[C@@H]2CC(=O)Nc1nc(C)no1. The molecule has 0 aliphatic heterocycles. The zero-order chi connectivity index (χ0) is 15.5. The molecule has 0 bridgehead atoms. The van der Waals surface area contributed by atoms with E-state index in [9.17, 15) is 4.79 Å². The van der Waals surface area contributed by atoms with Crippen LogP contribution in [0.2, 0.25) is 0 Å². The van der Waals surface area contributed by atoms with Crippen molar-refractivity contribution >= 4 is 11.9 Å². The summed E-state index contributed by atoms with van der Waals surface area (Å²) in [4.78, 5) is 16.1. The number of aryl methyl sites for hydroxylation is 2. The molecule has 0 spiro atoms. The fraction of sp³-hybridized carbons (Fsp3) is 0.438. The first-order valence-corrected chi connectivity index (χ1v) is 7.42. The molecule has 6 nitrogen and oxygen atoms in total. The Morgan fingerprint density at radius 3 is 3.09 bits per heavy atom. The van der Waals surface area contributed by atoms with Crippen molar-refractivity contribution in [2.24, 2.45) is 0 Å². The standard InChI is InChI=1S/C16H19N3O3/c1-10-17-16(22-19-10)18-15(20)9-12-5-3-4-11-8-13(21-2)6-7-14(11)12/h6-8,12H,3-5,9H2,1-2H3,(H,17,18,19,20)/t12-/m1/s1. The maximum atomic E-state index is 12.2. The van der Waals surface area contributed by atoms with Gasteiger partial charge in [0.2, 0.25) is 5.91 Å². The lowest BCUT2D eigenvalue weighted by Gasteiger charge is -2.25. The van der Waals surface area contributed by atoms with Crippen LogP contribution in [0.4, 0.5) is 6.01 Å². The van der Waals surface area contributed by atoms with E-state index in [-0.39, 0.29) is 17.8 Å². The Labute approximate surface area is 128 Å². The van der Waals surface area contributed by atoms with Crippen LogP contribution in [-0.4, -0.2) is 23.2 Å². The summed E-state index contributed by atoms with van der Waals surface area (Å²) in [5.74, 6) is 1.49. The minimum atomic E-state index is -0.0997. The van der Waals surface area contributed by atoms with E-state index in [0.29, 0.717) is 12.2 Å². The van der Waals surface area contributed by atoms with Gasteiger partial charge >= 0.3 is 6.01 Å². The fourth-order valence-corrected chi connectivity index (χ4v) is 2.97. The number of nitrogens with one attached hydrogen (secondary N) is 1. The van der Waals surface area contributed by atoms with Gasteiger partial charge in [-0.1, -0.05) is 11.2 Å². The van der Waals surface area contributed by atoms with E-state index in [1.165, 1.54) is 11.1 Å². The van der Waals surface area contributed by atoms with Crippen LogP contribution in [0.3, 0.4) is 0 Å². The molecule has 0 saturated carbocycles. The average molecular weight is 301 g/mol. The average Bonchev–Trinajstić information content (AvgIpc) is 2.92. The number of nitrogens with zero attached hydrogens (tertiary/aromatic N) is 2. The van der Waals surface area contributed by atoms with Gasteiger partial charge in [-0.3, -0.25) is 10.1 Å². The monoisotopic (exact) mass is 301 g/mol. The Bertz CT molecular complexity index is 681. The zero-order valence-corrected chi connectivity index (χ0v) is 12.8. The molecule has 116 valence electrons. The van der Waals surface area contributed by atoms with E-state index in [2.05, 4.69) is 27.6 Å². The second-order valence-electron chi connectivity index (χ2n) is 5.55. The number of carbonyl (C=O) groups excluding carboxylic acids is 1. The summed E-state index contributed by atoms with van der Waals surface area (Å²) in [5.41, 5.74) is 2.51. The van der Waals surface area contributed by atoms with Gasteiger partial charge < -0.3 is 9.26 Å². The van der Waals surface area contributed by atoms with Crippen LogP contribution in [0.25, 0.3) is 0 Å². The normalized spacial score (nSPS) is 16.9. The van der Waals surface area contributed by atoms with Crippen molar-refractivity contribution < 1.29 is 14.1 Å². The summed E-state index contributed by atoms with van der Waals surface area (Å²) in [7, 11) is 1.67. The Morgan fingerprint density at radius 1 is 1.50 bits per heavy atom. The van der Waals surface area contributed by atoms with Crippen LogP contribution in [0.5, 0.6) is 5.75 Å². The van der Waals surface area contributed by atoms with Gasteiger partial charge in [-0.05, 0) is 55.4 Å². The van der Waals surface area contributed by atoms with Crippen molar-refractivity contribution in [1.82, 2.24) is 10.1 Å². The third-order valence-electron chi connectivity index (χ3n) is 3.99. The second-order valence-corrected chi connectivity index (χ2v) is 5.55. The molecule has 3 rings (SSSR count). The van der Waals surface area contributed by atoms with E-state index >= 15 is 0 Å². The van der Waals surface area contributed by atoms with Crippen LogP contribution in [0, 0.1) is 6.92 Å². The predicted molar refractivity (Wildman–Crippen MR) is 81.0 cm³/mol. The first-order chi connectivity index (χ1) is 10.7. The van der Waals surface area contributed by atoms with Crippen molar-refractivity contribution in [2.75, 3.05) is 12.4 Å². The molecule has 2 aromatic rings. The molecule has 6 heteroatoms. The number of ether oxygens (including phenoxy) is 1. The lowest BCUT2D eigenvalue weighted by Crippen LogP contribution is -2.19. The lowest BCUT2D eigenvalue weighted by atomic mass is 9.81. The number of rotatable bonds is 4. The van der Waals surface area contributed by atoms with E-state index in [0.717, 1.165) is 25.0 Å². The molecule has 1 amide bonds. The molecule has 1 aliphatic carbocycles. The summed E-state index contributed by atoms with van der Waals surface area (Å²) in [6, 6.07) is 6.26. The second kappa shape index (κ2) is 6.17. The van der Waals surface area contributed by atoms with Gasteiger partial charge in [0.05, 0.1) is 7.11 Å². The zero-order valence-electron chi connectivity index (χ0n) is 12.8. The highest BCUT2D eigenvalue weighted by atomic mass is 16.5. The molecule has 22 heavy (non-hydrogen) atoms. The molecule has 0 radical (unpaired) electrons. The first-order valence-electron chi connectivity index (χ1n) is 7.42. The maximum absolute atomic E-state index is 12.2. The lowest BCUT2D eigenvalue weighted by molar-refractivity contribution is -0.116. The van der Waals surface area contributed by atoms with Gasteiger partial charge in [0.15, 0.2) is 5.82 Å². The smallest absolute Gasteiger partial charge is 0.328 e. The van der Waals surface area contributed by atoms with Crippen molar-refractivity contribution in [3.05, 3.63) is 35.2 Å². The molecular formula is C16H19N3O3. The van der Waals surface area contributed by atoms with Crippen LogP contribution < -0.4 is 10.1 Å². The van der Waals surface area contributed by atoms with Gasteiger partial charge in [-0.15, -0.1) is 0 Å². The minimum Gasteiger partial charge on any atom is -0.497 e. The number of hydrogen-bond acceptors (Lipinski definition) is 5. The summed E-state index contributed by atoms with van der Waals surface area (Å²) in [6.45, 7) is 1.71. The third kappa shape index (κ3) is 3.10. The number of carbonyl (C=O) groups is 1. The molecule has 0 fully saturated rings. The summed E-state index contributed by atoms with van der Waals surface area (Å²) < 4.78 is 10.2. The molecule has 0 saturated heterocycles. The Morgan fingerprint density at radius 2 is 2.36 bits per heavy atom. The highest BCUT2D eigenvalue weighted by Crippen LogP contribution is 2.35. The number of anilines is 1. The number of benzene rings is 1. The molecular weight excluding hydrogens is 282 g/mol. The number of amides is 1. The van der Waals surface area contributed by atoms with Gasteiger partial charge in [0.25, 0.3) is 0 Å². The quantitative estimate of drug-likeness (QED) is 0.939. The fourth-order valence-electron chi connectivity index (χ4n) is 2.97. The number of hydrogen-bond donors (Lipinski definition) is 1. The summed E-state index contributed by atoms with van der Waals surface area (Å²) >= 11 is 0. The molecule has 1 aromatic heterocycles. The van der Waals surface area contributed by atoms with Crippen LogP contribution in [0.1, 0.15) is 42.1 Å². The van der Waals surface area contributed by atoms with Gasteiger partial charge in [-0.2, -0.15) is 4.98 Å². The highest BCUT2D eigenvalue weighted by molar-refractivity contribution is 5.89. The molecule has 1 atom stereocenters. The topological polar surface area (TPSA) is 77.2 Å². The van der Waals surface area contributed by atoms with E-state index < -0.39 is 0 Å². The van der Waals surface area contributed by atoms with Crippen LogP contribution in [-0.2, 0) is 11.2 Å². The van der Waals surface area contributed by atoms with Crippen molar-refractivity contribution in [1.29, 1.82) is 0 Å². The van der Waals surface area contributed by atoms with Gasteiger partial charge in [0, 0.05) is 6.42 Å². The van der Waals surface area contributed by atoms with Crippen molar-refractivity contribution in [3.8, 4) is 5.75 Å². The molecule has 0 unspecified atom stereocenters. The molecule has 1 aliphatic rings. The Kier molecular flexibility index (Phi) is 4.09. The van der Waals surface area contributed by atoms with Crippen molar-refractivity contribution in [2.45, 2.75) is 38.5 Å². The van der Waals surface area contributed by atoms with Crippen LogP contribution >= 0.6 is 0 Å². The number of methoxy groups -OCH3 is 1. The predicted octanol–water partition coefficient (Wildman–Crippen LogP) is 2.84. The summed E-state index contributed by atoms with van der Waals surface area (Å²) in [5, 5.41) is 6.32. The van der Waals surface area contributed by atoms with Crippen LogP contribution in [0.15, 0.2) is 22.7 Å². The molecule has 1 aromatic carbocycles. The largest absolute Gasteiger partial charge is 0.497 e. The first kappa shape index (κ1) is 14.6. The Hall–Kier alpha value is -2.37. The highest BCUT2D eigenvalue weighted by Gasteiger charge is 2.23. The number of aromatic nitrogens is 2. The number of fused-ring (bicyclic) bond motifs is 1. The van der Waals surface area contributed by atoms with Crippen molar-refractivity contribution in [3.63, 3.8) is 0 Å². The van der Waals surface area contributed by atoms with Gasteiger partial charge in [0.1, 0.15) is 5.75 Å². The van der Waals surface area contributed by atoms with E-state index in [4.69, 9.17) is 9.26 Å². The molecule has 1 N–H and O–H groups in total. The third-order valence-corrected chi connectivity index (χ3v) is 3.99. The summed E-state index contributed by atoms with van der Waals surface area (Å²) in [6.07, 6.45) is 3.54. The minimum absolute atomic E-state index is 0.0997. The van der Waals surface area contributed by atoms with E-state index in [1.807, 2.05) is 6.07 Å².